The van der Waals surface area contributed by atoms with Crippen LogP contribution in [0.15, 0.2) is 58.8 Å². The molecule has 0 aliphatic rings. The third-order valence-corrected chi connectivity index (χ3v) is 4.32. The van der Waals surface area contributed by atoms with Crippen molar-refractivity contribution in [3.05, 3.63) is 81.2 Å². The van der Waals surface area contributed by atoms with E-state index in [1.165, 1.54) is 23.6 Å². The van der Waals surface area contributed by atoms with Gasteiger partial charge in [0.2, 0.25) is 5.91 Å². The van der Waals surface area contributed by atoms with E-state index in [9.17, 15) is 14.4 Å². The molecule has 0 saturated heterocycles. The summed E-state index contributed by atoms with van der Waals surface area (Å²) in [4.78, 5) is 42.3. The van der Waals surface area contributed by atoms with Gasteiger partial charge < -0.3 is 10.3 Å². The summed E-state index contributed by atoms with van der Waals surface area (Å²) in [5.41, 5.74) is 1.10. The summed E-state index contributed by atoms with van der Waals surface area (Å²) in [6.45, 7) is 0.449. The normalized spacial score (nSPS) is 10.3. The molecule has 3 rings (SSSR count). The number of benzene rings is 1. The molecule has 26 heavy (non-hydrogen) atoms. The lowest BCUT2D eigenvalue weighted by atomic mass is 10.2. The number of anilines is 1. The van der Waals surface area contributed by atoms with Crippen LogP contribution in [0.5, 0.6) is 0 Å². The van der Waals surface area contributed by atoms with Gasteiger partial charge >= 0.3 is 0 Å². The highest BCUT2D eigenvalue weighted by atomic mass is 32.1. The number of H-pyrrole nitrogens is 1. The summed E-state index contributed by atoms with van der Waals surface area (Å²) < 4.78 is 0. The van der Waals surface area contributed by atoms with Gasteiger partial charge in [0.1, 0.15) is 5.56 Å². The maximum atomic E-state index is 12.1. The number of carbonyl (C=O) groups is 2. The van der Waals surface area contributed by atoms with Crippen molar-refractivity contribution in [1.29, 1.82) is 0 Å². The lowest BCUT2D eigenvalue weighted by Crippen LogP contribution is -2.24. The number of nitrogens with zero attached hydrogens (tertiary/aromatic N) is 1. The topological polar surface area (TPSA) is 104 Å². The number of thiazole rings is 1. The highest BCUT2D eigenvalue weighted by Gasteiger charge is 2.13. The molecule has 0 bridgehead atoms. The van der Waals surface area contributed by atoms with Gasteiger partial charge in [0.05, 0.1) is 12.1 Å². The van der Waals surface area contributed by atoms with Gasteiger partial charge in [-0.3, -0.25) is 19.7 Å². The Balaban J connectivity index is 1.54. The van der Waals surface area contributed by atoms with E-state index in [-0.39, 0.29) is 17.9 Å². The Labute approximate surface area is 153 Å². The zero-order chi connectivity index (χ0) is 18.4. The minimum atomic E-state index is -0.540. The van der Waals surface area contributed by atoms with Gasteiger partial charge in [-0.2, -0.15) is 0 Å². The maximum absolute atomic E-state index is 12.1. The highest BCUT2D eigenvalue weighted by Crippen LogP contribution is 2.16. The maximum Gasteiger partial charge on any atom is 0.263 e. The Morgan fingerprint density at radius 2 is 1.92 bits per heavy atom. The van der Waals surface area contributed by atoms with Crippen molar-refractivity contribution in [1.82, 2.24) is 15.3 Å². The predicted molar refractivity (Wildman–Crippen MR) is 99.1 cm³/mol. The lowest BCUT2D eigenvalue weighted by molar-refractivity contribution is -0.120. The zero-order valence-electron chi connectivity index (χ0n) is 13.7. The first-order valence-electron chi connectivity index (χ1n) is 7.86. The Morgan fingerprint density at radius 3 is 2.69 bits per heavy atom. The highest BCUT2D eigenvalue weighted by molar-refractivity contribution is 7.14. The van der Waals surface area contributed by atoms with Crippen molar-refractivity contribution in [3.8, 4) is 0 Å². The molecule has 0 fully saturated rings. The minimum absolute atomic E-state index is 0.00449. The van der Waals surface area contributed by atoms with Gasteiger partial charge in [0.15, 0.2) is 5.13 Å². The Morgan fingerprint density at radius 1 is 1.12 bits per heavy atom. The number of rotatable bonds is 6. The lowest BCUT2D eigenvalue weighted by Gasteiger charge is -2.04. The number of amides is 2. The molecule has 0 radical (unpaired) electrons. The molecule has 3 N–H and O–H groups in total. The first kappa shape index (κ1) is 17.6. The van der Waals surface area contributed by atoms with Crippen LogP contribution in [0.1, 0.15) is 21.6 Å². The second-order valence-electron chi connectivity index (χ2n) is 5.45. The third kappa shape index (κ3) is 4.64. The minimum Gasteiger partial charge on any atom is -0.352 e. The smallest absolute Gasteiger partial charge is 0.263 e. The second-order valence-corrected chi connectivity index (χ2v) is 6.31. The SMILES string of the molecule is O=C(Cc1csc(NC(=O)c2ccc[nH]c2=O)n1)NCc1ccccc1. The van der Waals surface area contributed by atoms with Gasteiger partial charge in [-0.15, -0.1) is 11.3 Å². The van der Waals surface area contributed by atoms with Crippen LogP contribution in [0.2, 0.25) is 0 Å². The molecule has 0 aliphatic carbocycles. The number of hydrogen-bond acceptors (Lipinski definition) is 5. The average molecular weight is 368 g/mol. The quantitative estimate of drug-likeness (QED) is 0.618. The van der Waals surface area contributed by atoms with Crippen LogP contribution >= 0.6 is 11.3 Å². The van der Waals surface area contributed by atoms with Gasteiger partial charge in [-0.05, 0) is 17.7 Å². The molecule has 132 valence electrons. The van der Waals surface area contributed by atoms with Crippen LogP contribution < -0.4 is 16.2 Å². The van der Waals surface area contributed by atoms with Crippen molar-refractivity contribution < 1.29 is 9.59 Å². The molecule has 2 amide bonds. The number of nitrogens with one attached hydrogen (secondary N) is 3. The third-order valence-electron chi connectivity index (χ3n) is 3.51. The van der Waals surface area contributed by atoms with E-state index < -0.39 is 11.5 Å². The number of hydrogen-bond donors (Lipinski definition) is 3. The van der Waals surface area contributed by atoms with Crippen LogP contribution in [0.4, 0.5) is 5.13 Å². The van der Waals surface area contributed by atoms with Gasteiger partial charge in [-0.1, -0.05) is 30.3 Å². The standard InChI is InChI=1S/C18H16N4O3S/c23-15(20-10-12-5-2-1-3-6-12)9-13-11-26-18(21-13)22-17(25)14-7-4-8-19-16(14)24/h1-8,11H,9-10H2,(H,19,24)(H,20,23)(H,21,22,25). The van der Waals surface area contributed by atoms with Crippen molar-refractivity contribution in [3.63, 3.8) is 0 Å². The van der Waals surface area contributed by atoms with Gasteiger partial charge in [0, 0.05) is 18.1 Å². The van der Waals surface area contributed by atoms with Gasteiger partial charge in [-0.25, -0.2) is 4.98 Å². The summed E-state index contributed by atoms with van der Waals surface area (Å²) in [6, 6.07) is 12.6. The van der Waals surface area contributed by atoms with E-state index in [0.717, 1.165) is 5.56 Å². The molecule has 0 atom stereocenters. The monoisotopic (exact) mass is 368 g/mol. The van der Waals surface area contributed by atoms with Gasteiger partial charge in [0.25, 0.3) is 11.5 Å². The van der Waals surface area contributed by atoms with E-state index in [2.05, 4.69) is 20.6 Å². The van der Waals surface area contributed by atoms with Crippen molar-refractivity contribution in [2.45, 2.75) is 13.0 Å². The summed E-state index contributed by atoms with van der Waals surface area (Å²) in [5.74, 6) is -0.696. The molecule has 2 aromatic heterocycles. The number of aromatic nitrogens is 2. The molecule has 0 aliphatic heterocycles. The fraction of sp³-hybridized carbons (Fsp3) is 0.111. The van der Waals surface area contributed by atoms with Crippen molar-refractivity contribution in [2.75, 3.05) is 5.32 Å². The largest absolute Gasteiger partial charge is 0.352 e. The first-order chi connectivity index (χ1) is 12.6. The number of pyridine rings is 1. The number of aromatic amines is 1. The molecule has 8 heteroatoms. The molecular formula is C18H16N4O3S. The Bertz CT molecular complexity index is 966. The summed E-state index contributed by atoms with van der Waals surface area (Å²) in [7, 11) is 0. The molecule has 0 unspecified atom stereocenters. The van der Waals surface area contributed by atoms with E-state index >= 15 is 0 Å². The van der Waals surface area contributed by atoms with Crippen LogP contribution in [-0.2, 0) is 17.8 Å². The molecular weight excluding hydrogens is 352 g/mol. The van der Waals surface area contributed by atoms with Crippen LogP contribution in [0.3, 0.4) is 0 Å². The summed E-state index contributed by atoms with van der Waals surface area (Å²) in [5, 5.41) is 7.43. The fourth-order valence-corrected chi connectivity index (χ4v) is 2.94. The predicted octanol–water partition coefficient (Wildman–Crippen LogP) is 1.94. The second kappa shape index (κ2) is 8.21. The molecule has 7 nitrogen and oxygen atoms in total. The molecule has 2 heterocycles. The summed E-state index contributed by atoms with van der Waals surface area (Å²) >= 11 is 1.20. The van der Waals surface area contributed by atoms with E-state index in [0.29, 0.717) is 17.4 Å². The Kier molecular flexibility index (Phi) is 5.55. The zero-order valence-corrected chi connectivity index (χ0v) is 14.5. The summed E-state index contributed by atoms with van der Waals surface area (Å²) in [6.07, 6.45) is 1.57. The fourth-order valence-electron chi connectivity index (χ4n) is 2.23. The van der Waals surface area contributed by atoms with E-state index in [4.69, 9.17) is 0 Å². The number of carbonyl (C=O) groups excluding carboxylic acids is 2. The van der Waals surface area contributed by atoms with Crippen LogP contribution in [-0.4, -0.2) is 21.8 Å². The molecule has 3 aromatic rings. The van der Waals surface area contributed by atoms with Crippen LogP contribution in [0.25, 0.3) is 0 Å². The van der Waals surface area contributed by atoms with Crippen LogP contribution in [0, 0.1) is 0 Å². The van der Waals surface area contributed by atoms with E-state index in [1.54, 1.807) is 11.4 Å². The van der Waals surface area contributed by atoms with E-state index in [1.807, 2.05) is 30.3 Å². The Hall–Kier alpha value is -3.26. The molecule has 0 saturated carbocycles. The first-order valence-corrected chi connectivity index (χ1v) is 8.74. The molecule has 0 spiro atoms. The van der Waals surface area contributed by atoms with Crippen molar-refractivity contribution >= 4 is 28.3 Å². The average Bonchev–Trinajstić information content (AvgIpc) is 3.08. The molecule has 1 aromatic carbocycles. The van der Waals surface area contributed by atoms with Crippen molar-refractivity contribution in [2.24, 2.45) is 0 Å².